The molecule has 5 nitrogen and oxygen atoms in total. The molecule has 2 heterocycles. The van der Waals surface area contributed by atoms with Gasteiger partial charge in [-0.1, -0.05) is 79.7 Å². The molecular weight excluding hydrogens is 529 g/mol. The average molecular weight is 561 g/mol. The zero-order valence-electron chi connectivity index (χ0n) is 23.0. The molecule has 1 aromatic heterocycles. The number of carbonyl (C=O) groups excluding carboxylic acids is 2. The highest BCUT2D eigenvalue weighted by atomic mass is 19.4. The number of Topliss-reactive ketones (excluding diaryl/α,β-unsaturated/α-hetero) is 2. The van der Waals surface area contributed by atoms with Gasteiger partial charge < -0.3 is 9.32 Å². The Bertz CT molecular complexity index is 1540. The first-order chi connectivity index (χ1) is 19.6. The number of ketones is 2. The van der Waals surface area contributed by atoms with Crippen LogP contribution in [0.15, 0.2) is 77.2 Å². The molecule has 3 aromatic carbocycles. The third-order valence-corrected chi connectivity index (χ3v) is 7.54. The Morgan fingerprint density at radius 1 is 0.927 bits per heavy atom. The van der Waals surface area contributed by atoms with Gasteiger partial charge in [-0.25, -0.2) is 0 Å². The maximum Gasteiger partial charge on any atom is 0.437 e. The summed E-state index contributed by atoms with van der Waals surface area (Å²) in [5, 5.41) is 0. The Hall–Kier alpha value is -4.20. The van der Waals surface area contributed by atoms with Crippen molar-refractivity contribution in [1.82, 2.24) is 4.98 Å². The van der Waals surface area contributed by atoms with E-state index >= 15 is 0 Å². The van der Waals surface area contributed by atoms with Crippen molar-refractivity contribution < 1.29 is 27.2 Å². The molecule has 0 aliphatic carbocycles. The minimum Gasteiger partial charge on any atom is -0.420 e. The molecule has 0 amide bonds. The van der Waals surface area contributed by atoms with Gasteiger partial charge in [-0.3, -0.25) is 9.59 Å². The number of nitrogens with zero attached hydrogens (tertiary/aromatic N) is 2. The van der Waals surface area contributed by atoms with E-state index in [0.29, 0.717) is 36.6 Å². The predicted molar refractivity (Wildman–Crippen MR) is 151 cm³/mol. The summed E-state index contributed by atoms with van der Waals surface area (Å²) in [6.07, 6.45) is -2.91. The molecule has 1 saturated heterocycles. The Kier molecular flexibility index (Phi) is 8.10. The summed E-state index contributed by atoms with van der Waals surface area (Å²) in [5.74, 6) is -1.19. The van der Waals surface area contributed by atoms with E-state index in [-0.39, 0.29) is 18.2 Å². The van der Waals surface area contributed by atoms with Gasteiger partial charge in [0.2, 0.25) is 11.5 Å². The molecular formula is C33H31F3N2O3. The van der Waals surface area contributed by atoms with Crippen LogP contribution in [0, 0.1) is 12.8 Å². The third-order valence-electron chi connectivity index (χ3n) is 7.54. The van der Waals surface area contributed by atoms with Crippen LogP contribution in [0.3, 0.4) is 0 Å². The van der Waals surface area contributed by atoms with Crippen molar-refractivity contribution in [2.75, 3.05) is 18.0 Å². The highest BCUT2D eigenvalue weighted by Gasteiger charge is 2.42. The number of piperidine rings is 1. The quantitative estimate of drug-likeness (QED) is 0.206. The summed E-state index contributed by atoms with van der Waals surface area (Å²) in [7, 11) is 0. The molecule has 5 rings (SSSR count). The molecule has 212 valence electrons. The summed E-state index contributed by atoms with van der Waals surface area (Å²) in [4.78, 5) is 31.1. The van der Waals surface area contributed by atoms with Crippen LogP contribution in [0.2, 0.25) is 0 Å². The smallest absolute Gasteiger partial charge is 0.420 e. The van der Waals surface area contributed by atoms with E-state index in [1.165, 1.54) is 0 Å². The molecule has 0 N–H and O–H groups in total. The molecule has 41 heavy (non-hydrogen) atoms. The summed E-state index contributed by atoms with van der Waals surface area (Å²) in [5.41, 5.74) is 3.71. The zero-order valence-corrected chi connectivity index (χ0v) is 23.0. The summed E-state index contributed by atoms with van der Waals surface area (Å²) < 4.78 is 46.7. The molecule has 8 heteroatoms. The minimum absolute atomic E-state index is 0.0308. The highest BCUT2D eigenvalue weighted by molar-refractivity contribution is 5.98. The lowest BCUT2D eigenvalue weighted by molar-refractivity contribution is -0.141. The molecule has 0 radical (unpaired) electrons. The van der Waals surface area contributed by atoms with Crippen molar-refractivity contribution in [3.63, 3.8) is 0 Å². The van der Waals surface area contributed by atoms with Crippen molar-refractivity contribution in [2.45, 2.75) is 45.7 Å². The van der Waals surface area contributed by atoms with Crippen molar-refractivity contribution in [2.24, 2.45) is 5.92 Å². The largest absolute Gasteiger partial charge is 0.437 e. The number of oxazole rings is 1. The van der Waals surface area contributed by atoms with Gasteiger partial charge in [-0.05, 0) is 53.5 Å². The number of hydrogen-bond acceptors (Lipinski definition) is 5. The highest BCUT2D eigenvalue weighted by Crippen LogP contribution is 2.35. The van der Waals surface area contributed by atoms with Gasteiger partial charge in [0.1, 0.15) is 0 Å². The van der Waals surface area contributed by atoms with E-state index in [1.807, 2.05) is 50.2 Å². The number of anilines is 1. The fourth-order valence-corrected chi connectivity index (χ4v) is 5.20. The van der Waals surface area contributed by atoms with E-state index in [0.717, 1.165) is 35.1 Å². The first-order valence-corrected chi connectivity index (χ1v) is 13.7. The van der Waals surface area contributed by atoms with Crippen LogP contribution in [0.4, 0.5) is 19.2 Å². The number of hydrogen-bond donors (Lipinski definition) is 0. The molecule has 4 aromatic rings. The average Bonchev–Trinajstić information content (AvgIpc) is 3.42. The van der Waals surface area contributed by atoms with Gasteiger partial charge in [0, 0.05) is 31.5 Å². The second kappa shape index (κ2) is 11.7. The van der Waals surface area contributed by atoms with Gasteiger partial charge in [0.25, 0.3) is 6.01 Å². The number of carbonyl (C=O) groups is 2. The summed E-state index contributed by atoms with van der Waals surface area (Å²) >= 11 is 0. The monoisotopic (exact) mass is 560 g/mol. The predicted octanol–water partition coefficient (Wildman–Crippen LogP) is 7.76. The fourth-order valence-electron chi connectivity index (χ4n) is 5.20. The fraction of sp³-hybridized carbons (Fsp3) is 0.303. The first-order valence-electron chi connectivity index (χ1n) is 13.7. The number of aromatic nitrogens is 1. The number of benzene rings is 3. The van der Waals surface area contributed by atoms with E-state index in [1.54, 1.807) is 41.3 Å². The van der Waals surface area contributed by atoms with Gasteiger partial charge >= 0.3 is 6.18 Å². The maximum absolute atomic E-state index is 13.7. The molecule has 0 spiro atoms. The molecule has 1 atom stereocenters. The van der Waals surface area contributed by atoms with Crippen LogP contribution in [-0.2, 0) is 19.0 Å². The van der Waals surface area contributed by atoms with Crippen molar-refractivity contribution in [1.29, 1.82) is 0 Å². The molecule has 1 unspecified atom stereocenters. The maximum atomic E-state index is 13.7. The van der Waals surface area contributed by atoms with Crippen LogP contribution < -0.4 is 4.90 Å². The molecule has 1 aliphatic heterocycles. The SMILES string of the molecule is Cc1ccccc1CC(=O)c1ccc(-c2ccc(CC(=O)c3oc(N4CCCC(C)C4)nc3C(F)(F)F)cc2)cc1. The summed E-state index contributed by atoms with van der Waals surface area (Å²) in [6, 6.07) is 22.0. The van der Waals surface area contributed by atoms with E-state index < -0.39 is 23.4 Å². The first kappa shape index (κ1) is 28.3. The summed E-state index contributed by atoms with van der Waals surface area (Å²) in [6.45, 7) is 5.08. The van der Waals surface area contributed by atoms with Crippen molar-refractivity contribution in [3.05, 3.63) is 107 Å². The Balaban J connectivity index is 1.27. The van der Waals surface area contributed by atoms with Crippen LogP contribution in [-0.4, -0.2) is 29.6 Å². The molecule has 0 bridgehead atoms. The van der Waals surface area contributed by atoms with Crippen LogP contribution in [0.25, 0.3) is 11.1 Å². The van der Waals surface area contributed by atoms with E-state index in [4.69, 9.17) is 4.42 Å². The van der Waals surface area contributed by atoms with E-state index in [2.05, 4.69) is 4.98 Å². The normalized spacial score (nSPS) is 15.6. The van der Waals surface area contributed by atoms with Gasteiger partial charge in [-0.15, -0.1) is 0 Å². The van der Waals surface area contributed by atoms with Crippen LogP contribution in [0.5, 0.6) is 0 Å². The number of rotatable bonds is 8. The van der Waals surface area contributed by atoms with Crippen molar-refractivity contribution in [3.8, 4) is 11.1 Å². The Morgan fingerprint density at radius 3 is 2.22 bits per heavy atom. The van der Waals surface area contributed by atoms with E-state index in [9.17, 15) is 22.8 Å². The Morgan fingerprint density at radius 2 is 1.59 bits per heavy atom. The number of halogens is 3. The number of alkyl halides is 3. The van der Waals surface area contributed by atoms with Crippen LogP contribution >= 0.6 is 0 Å². The van der Waals surface area contributed by atoms with Gasteiger partial charge in [0.15, 0.2) is 11.5 Å². The molecule has 0 saturated carbocycles. The Labute approximate surface area is 237 Å². The second-order valence-corrected chi connectivity index (χ2v) is 10.8. The van der Waals surface area contributed by atoms with Crippen molar-refractivity contribution >= 4 is 17.6 Å². The lowest BCUT2D eigenvalue weighted by Gasteiger charge is -2.29. The van der Waals surface area contributed by atoms with Gasteiger partial charge in [-0.2, -0.15) is 18.2 Å². The lowest BCUT2D eigenvalue weighted by Crippen LogP contribution is -2.34. The second-order valence-electron chi connectivity index (χ2n) is 10.8. The number of aryl methyl sites for hydroxylation is 1. The topological polar surface area (TPSA) is 63.4 Å². The van der Waals surface area contributed by atoms with Gasteiger partial charge in [0.05, 0.1) is 0 Å². The molecule has 1 fully saturated rings. The standard InChI is InChI=1S/C33H31F3N2O3/c1-21-6-5-17-38(20-21)32-37-31(33(34,35)36)30(41-32)29(40)18-23-9-11-24(12-10-23)25-13-15-26(16-14-25)28(39)19-27-8-4-3-7-22(27)2/h3-4,7-16,21H,5-6,17-20H2,1-2H3. The molecule has 1 aliphatic rings. The zero-order chi connectivity index (χ0) is 29.1. The van der Waals surface area contributed by atoms with Crippen LogP contribution in [0.1, 0.15) is 63.1 Å². The third kappa shape index (κ3) is 6.59. The minimum atomic E-state index is -4.80. The lowest BCUT2D eigenvalue weighted by atomic mass is 9.97.